The van der Waals surface area contributed by atoms with Crippen molar-refractivity contribution in [2.45, 2.75) is 63.5 Å². The molecule has 0 radical (unpaired) electrons. The van der Waals surface area contributed by atoms with E-state index >= 15 is 0 Å². The van der Waals surface area contributed by atoms with Crippen molar-refractivity contribution in [2.75, 3.05) is 6.61 Å². The second-order valence-electron chi connectivity index (χ2n) is 9.21. The van der Waals surface area contributed by atoms with E-state index in [2.05, 4.69) is 34.9 Å². The number of carboxylic acid groups (broad SMARTS) is 1. The normalized spacial score (nSPS) is 19.7. The number of fused-ring (bicyclic) bond motifs is 3. The van der Waals surface area contributed by atoms with Gasteiger partial charge in [-0.05, 0) is 41.5 Å². The SMILES string of the molecule is CCC[C@@H](CC(=O)O)NC(=O)C1CCCC1NC(=O)OCC1c2ccccc2-c2ccccc21. The van der Waals surface area contributed by atoms with Gasteiger partial charge in [0.25, 0.3) is 0 Å². The maximum Gasteiger partial charge on any atom is 0.407 e. The van der Waals surface area contributed by atoms with Gasteiger partial charge in [0.2, 0.25) is 5.91 Å². The maximum absolute atomic E-state index is 12.8. The van der Waals surface area contributed by atoms with Gasteiger partial charge < -0.3 is 20.5 Å². The van der Waals surface area contributed by atoms with E-state index < -0.39 is 18.1 Å². The molecule has 2 unspecified atom stereocenters. The van der Waals surface area contributed by atoms with Crippen molar-refractivity contribution in [3.8, 4) is 11.1 Å². The second-order valence-corrected chi connectivity index (χ2v) is 9.21. The lowest BCUT2D eigenvalue weighted by atomic mass is 9.98. The highest BCUT2D eigenvalue weighted by Gasteiger charge is 2.36. The number of aliphatic carboxylic acids is 1. The molecule has 0 saturated heterocycles. The van der Waals surface area contributed by atoms with Crippen LogP contribution < -0.4 is 10.6 Å². The van der Waals surface area contributed by atoms with Crippen molar-refractivity contribution >= 4 is 18.0 Å². The number of hydrogen-bond acceptors (Lipinski definition) is 4. The molecule has 2 aliphatic rings. The van der Waals surface area contributed by atoms with Crippen molar-refractivity contribution in [1.82, 2.24) is 10.6 Å². The summed E-state index contributed by atoms with van der Waals surface area (Å²) in [6, 6.07) is 15.6. The van der Waals surface area contributed by atoms with Crippen LogP contribution in [0.25, 0.3) is 11.1 Å². The van der Waals surface area contributed by atoms with Crippen LogP contribution in [0.3, 0.4) is 0 Å². The molecule has 0 heterocycles. The minimum absolute atomic E-state index is 0.0216. The molecular weight excluding hydrogens is 432 g/mol. The molecule has 7 heteroatoms. The Labute approximate surface area is 199 Å². The molecule has 2 aromatic rings. The van der Waals surface area contributed by atoms with Crippen LogP contribution in [0.2, 0.25) is 0 Å². The van der Waals surface area contributed by atoms with Crippen LogP contribution in [0.4, 0.5) is 4.79 Å². The maximum atomic E-state index is 12.8. The molecule has 4 rings (SSSR count). The van der Waals surface area contributed by atoms with Crippen LogP contribution in [-0.2, 0) is 14.3 Å². The summed E-state index contributed by atoms with van der Waals surface area (Å²) in [5.41, 5.74) is 4.63. The smallest absolute Gasteiger partial charge is 0.407 e. The Bertz CT molecular complexity index is 1010. The molecule has 0 aliphatic heterocycles. The third-order valence-corrected chi connectivity index (χ3v) is 6.90. The standard InChI is InChI=1S/C27H32N2O5/c1-2-8-17(15-25(30)31)28-26(32)22-13-7-14-24(22)29-27(33)34-16-23-20-11-5-3-9-18(20)19-10-4-6-12-21(19)23/h3-6,9-12,17,22-24H,2,7-8,13-16H2,1H3,(H,28,32)(H,29,33)(H,30,31)/t17-,22?,24?/m0/s1. The van der Waals surface area contributed by atoms with Gasteiger partial charge in [0.05, 0.1) is 12.3 Å². The average molecular weight is 465 g/mol. The minimum atomic E-state index is -0.932. The predicted octanol–water partition coefficient (Wildman–Crippen LogP) is 4.45. The van der Waals surface area contributed by atoms with Gasteiger partial charge >= 0.3 is 12.1 Å². The first kappa shape index (κ1) is 23.8. The number of amides is 2. The van der Waals surface area contributed by atoms with Gasteiger partial charge in [0.1, 0.15) is 6.61 Å². The lowest BCUT2D eigenvalue weighted by molar-refractivity contribution is -0.137. The second kappa shape index (κ2) is 10.7. The molecule has 3 N–H and O–H groups in total. The van der Waals surface area contributed by atoms with Crippen molar-refractivity contribution in [3.05, 3.63) is 59.7 Å². The van der Waals surface area contributed by atoms with Crippen molar-refractivity contribution in [2.24, 2.45) is 5.92 Å². The minimum Gasteiger partial charge on any atom is -0.481 e. The monoisotopic (exact) mass is 464 g/mol. The van der Waals surface area contributed by atoms with E-state index in [0.29, 0.717) is 19.3 Å². The Balaban J connectivity index is 1.35. The van der Waals surface area contributed by atoms with Crippen LogP contribution in [0.1, 0.15) is 62.5 Å². The fourth-order valence-electron chi connectivity index (χ4n) is 5.33. The van der Waals surface area contributed by atoms with Gasteiger partial charge in [-0.2, -0.15) is 0 Å². The Morgan fingerprint density at radius 2 is 1.68 bits per heavy atom. The zero-order chi connectivity index (χ0) is 24.1. The summed E-state index contributed by atoms with van der Waals surface area (Å²) >= 11 is 0. The molecule has 0 aromatic heterocycles. The van der Waals surface area contributed by atoms with E-state index in [-0.39, 0.29) is 36.8 Å². The average Bonchev–Trinajstić information content (AvgIpc) is 3.40. The number of ether oxygens (including phenoxy) is 1. The quantitative estimate of drug-likeness (QED) is 0.508. The third kappa shape index (κ3) is 5.24. The van der Waals surface area contributed by atoms with Crippen molar-refractivity contribution < 1.29 is 24.2 Å². The number of nitrogens with one attached hydrogen (secondary N) is 2. The number of carboxylic acids is 1. The van der Waals surface area contributed by atoms with E-state index in [4.69, 9.17) is 9.84 Å². The highest BCUT2D eigenvalue weighted by molar-refractivity contribution is 5.82. The molecule has 1 saturated carbocycles. The summed E-state index contributed by atoms with van der Waals surface area (Å²) in [5, 5.41) is 14.9. The van der Waals surface area contributed by atoms with Crippen molar-refractivity contribution in [1.29, 1.82) is 0 Å². The summed E-state index contributed by atoms with van der Waals surface area (Å²) < 4.78 is 5.64. The number of carbonyl (C=O) groups excluding carboxylic acids is 2. The zero-order valence-corrected chi connectivity index (χ0v) is 19.5. The van der Waals surface area contributed by atoms with Gasteiger partial charge in [-0.15, -0.1) is 0 Å². The Morgan fingerprint density at radius 3 is 2.29 bits per heavy atom. The number of hydrogen-bond donors (Lipinski definition) is 3. The van der Waals surface area contributed by atoms with Gasteiger partial charge in [-0.1, -0.05) is 68.3 Å². The first-order valence-corrected chi connectivity index (χ1v) is 12.1. The van der Waals surface area contributed by atoms with Crippen LogP contribution in [0.15, 0.2) is 48.5 Å². The molecule has 0 bridgehead atoms. The Hall–Kier alpha value is -3.35. The molecule has 34 heavy (non-hydrogen) atoms. The summed E-state index contributed by atoms with van der Waals surface area (Å²) in [5.74, 6) is -1.53. The van der Waals surface area contributed by atoms with Crippen LogP contribution in [0.5, 0.6) is 0 Å². The first-order chi connectivity index (χ1) is 16.5. The fourth-order valence-corrected chi connectivity index (χ4v) is 5.33. The third-order valence-electron chi connectivity index (χ3n) is 6.90. The van der Waals surface area contributed by atoms with E-state index in [1.165, 1.54) is 11.1 Å². The molecule has 2 aliphatic carbocycles. The molecular formula is C27H32N2O5. The molecule has 0 spiro atoms. The van der Waals surface area contributed by atoms with Crippen LogP contribution in [-0.4, -0.2) is 41.8 Å². The first-order valence-electron chi connectivity index (χ1n) is 12.1. The number of rotatable bonds is 9. The largest absolute Gasteiger partial charge is 0.481 e. The summed E-state index contributed by atoms with van der Waals surface area (Å²) in [6.07, 6.45) is 2.94. The molecule has 7 nitrogen and oxygen atoms in total. The van der Waals surface area contributed by atoms with E-state index in [0.717, 1.165) is 24.0 Å². The van der Waals surface area contributed by atoms with E-state index in [9.17, 15) is 14.4 Å². The zero-order valence-electron chi connectivity index (χ0n) is 19.5. The summed E-state index contributed by atoms with van der Waals surface area (Å²) in [4.78, 5) is 36.6. The molecule has 3 atom stereocenters. The number of benzene rings is 2. The van der Waals surface area contributed by atoms with Crippen LogP contribution >= 0.6 is 0 Å². The molecule has 2 amide bonds. The Morgan fingerprint density at radius 1 is 1.03 bits per heavy atom. The number of carbonyl (C=O) groups is 3. The molecule has 2 aromatic carbocycles. The van der Waals surface area contributed by atoms with Gasteiger partial charge in [0.15, 0.2) is 0 Å². The number of alkyl carbamates (subject to hydrolysis) is 1. The topological polar surface area (TPSA) is 105 Å². The molecule has 180 valence electrons. The van der Waals surface area contributed by atoms with Gasteiger partial charge in [-0.3, -0.25) is 9.59 Å². The lowest BCUT2D eigenvalue weighted by Gasteiger charge is -2.24. The Kier molecular flexibility index (Phi) is 7.50. The molecule has 1 fully saturated rings. The van der Waals surface area contributed by atoms with Crippen molar-refractivity contribution in [3.63, 3.8) is 0 Å². The highest BCUT2D eigenvalue weighted by Crippen LogP contribution is 2.44. The van der Waals surface area contributed by atoms with Gasteiger partial charge in [-0.25, -0.2) is 4.79 Å². The van der Waals surface area contributed by atoms with Gasteiger partial charge in [0, 0.05) is 18.0 Å². The lowest BCUT2D eigenvalue weighted by Crippen LogP contribution is -2.47. The van der Waals surface area contributed by atoms with E-state index in [1.54, 1.807) is 0 Å². The fraction of sp³-hybridized carbons (Fsp3) is 0.444. The highest BCUT2D eigenvalue weighted by atomic mass is 16.5. The predicted molar refractivity (Wildman–Crippen MR) is 128 cm³/mol. The summed E-state index contributed by atoms with van der Waals surface area (Å²) in [7, 11) is 0. The summed E-state index contributed by atoms with van der Waals surface area (Å²) in [6.45, 7) is 2.18. The van der Waals surface area contributed by atoms with Crippen LogP contribution in [0, 0.1) is 5.92 Å². The van der Waals surface area contributed by atoms with E-state index in [1.807, 2.05) is 31.2 Å².